The molecule has 0 aliphatic rings. The molecule has 0 unspecified atom stereocenters. The lowest BCUT2D eigenvalue weighted by molar-refractivity contribution is 0.198. The van der Waals surface area contributed by atoms with E-state index in [4.69, 9.17) is 4.74 Å². The van der Waals surface area contributed by atoms with Gasteiger partial charge >= 0.3 is 0 Å². The number of aryl methyl sites for hydroxylation is 1. The van der Waals surface area contributed by atoms with E-state index >= 15 is 0 Å². The first-order valence-corrected chi connectivity index (χ1v) is 7.71. The topological polar surface area (TPSA) is 62.3 Å². The molecule has 0 radical (unpaired) electrons. The number of anilines is 4. The molecule has 0 saturated heterocycles. The molecule has 2 aromatic rings. The van der Waals surface area contributed by atoms with Crippen molar-refractivity contribution in [2.45, 2.75) is 13.3 Å². The molecule has 1 heterocycles. The molecule has 0 fully saturated rings. The van der Waals surface area contributed by atoms with Crippen LogP contribution in [0.3, 0.4) is 0 Å². The Hall–Kier alpha value is -2.34. The Morgan fingerprint density at radius 1 is 1.13 bits per heavy atom. The Labute approximate surface area is 137 Å². The van der Waals surface area contributed by atoms with Gasteiger partial charge in [-0.05, 0) is 37.6 Å². The quantitative estimate of drug-likeness (QED) is 0.730. The second-order valence-electron chi connectivity index (χ2n) is 5.56. The summed E-state index contributed by atoms with van der Waals surface area (Å²) in [5.74, 6) is 1.41. The average Bonchev–Trinajstić information content (AvgIpc) is 2.51. The summed E-state index contributed by atoms with van der Waals surface area (Å²) < 4.78 is 5.04. The van der Waals surface area contributed by atoms with Crippen LogP contribution in [-0.4, -0.2) is 44.3 Å². The number of benzene rings is 1. The lowest BCUT2D eigenvalue weighted by Crippen LogP contribution is -2.09. The number of methoxy groups -OCH3 is 1. The Kier molecular flexibility index (Phi) is 6.17. The SMILES string of the molecule is COCCCNc1cc(C)nc(Nc2ccc(N(C)C)cc2)n1. The molecule has 0 spiro atoms. The van der Waals surface area contributed by atoms with Gasteiger partial charge in [0.25, 0.3) is 0 Å². The van der Waals surface area contributed by atoms with Crippen LogP contribution in [0.4, 0.5) is 23.1 Å². The van der Waals surface area contributed by atoms with Crippen LogP contribution in [0.15, 0.2) is 30.3 Å². The maximum Gasteiger partial charge on any atom is 0.229 e. The zero-order chi connectivity index (χ0) is 16.7. The third-order valence-corrected chi connectivity index (χ3v) is 3.33. The van der Waals surface area contributed by atoms with Gasteiger partial charge < -0.3 is 20.3 Å². The second kappa shape index (κ2) is 8.33. The minimum atomic E-state index is 0.594. The Morgan fingerprint density at radius 3 is 2.52 bits per heavy atom. The minimum Gasteiger partial charge on any atom is -0.385 e. The number of hydrogen-bond acceptors (Lipinski definition) is 6. The van der Waals surface area contributed by atoms with Gasteiger partial charge in [0.05, 0.1) is 0 Å². The predicted molar refractivity (Wildman–Crippen MR) is 95.8 cm³/mol. The molecular weight excluding hydrogens is 290 g/mol. The number of nitrogens with one attached hydrogen (secondary N) is 2. The maximum atomic E-state index is 5.04. The Bertz CT molecular complexity index is 613. The van der Waals surface area contributed by atoms with Gasteiger partial charge in [0.1, 0.15) is 5.82 Å². The molecule has 0 bridgehead atoms. The van der Waals surface area contributed by atoms with Gasteiger partial charge in [-0.1, -0.05) is 0 Å². The molecule has 1 aromatic heterocycles. The molecule has 6 heteroatoms. The van der Waals surface area contributed by atoms with Gasteiger partial charge in [0, 0.05) is 57.5 Å². The summed E-state index contributed by atoms with van der Waals surface area (Å²) in [6.45, 7) is 3.52. The highest BCUT2D eigenvalue weighted by molar-refractivity contribution is 5.59. The van der Waals surface area contributed by atoms with Crippen LogP contribution < -0.4 is 15.5 Å². The molecule has 0 amide bonds. The van der Waals surface area contributed by atoms with E-state index in [-0.39, 0.29) is 0 Å². The van der Waals surface area contributed by atoms with Crippen LogP contribution in [0.25, 0.3) is 0 Å². The van der Waals surface area contributed by atoms with Crippen molar-refractivity contribution in [3.05, 3.63) is 36.0 Å². The molecule has 23 heavy (non-hydrogen) atoms. The Morgan fingerprint density at radius 2 is 1.87 bits per heavy atom. The van der Waals surface area contributed by atoms with Crippen molar-refractivity contribution in [2.24, 2.45) is 0 Å². The molecule has 0 saturated carbocycles. The van der Waals surface area contributed by atoms with E-state index in [0.29, 0.717) is 5.95 Å². The first-order valence-electron chi connectivity index (χ1n) is 7.71. The summed E-state index contributed by atoms with van der Waals surface area (Å²) in [6.07, 6.45) is 0.939. The fourth-order valence-corrected chi connectivity index (χ4v) is 2.12. The summed E-state index contributed by atoms with van der Waals surface area (Å²) >= 11 is 0. The summed E-state index contributed by atoms with van der Waals surface area (Å²) in [4.78, 5) is 11.0. The third-order valence-electron chi connectivity index (χ3n) is 3.33. The molecule has 2 N–H and O–H groups in total. The van der Waals surface area contributed by atoms with E-state index in [2.05, 4.69) is 37.6 Å². The number of nitrogens with zero attached hydrogens (tertiary/aromatic N) is 3. The molecule has 6 nitrogen and oxygen atoms in total. The van der Waals surface area contributed by atoms with Crippen molar-refractivity contribution < 1.29 is 4.74 Å². The second-order valence-corrected chi connectivity index (χ2v) is 5.56. The maximum absolute atomic E-state index is 5.04. The average molecular weight is 315 g/mol. The first-order chi connectivity index (χ1) is 11.1. The standard InChI is InChI=1S/C17H25N5O/c1-13-12-16(18-10-5-11-23-4)21-17(19-13)20-14-6-8-15(9-7-14)22(2)3/h6-9,12H,5,10-11H2,1-4H3,(H2,18,19,20,21). The van der Waals surface area contributed by atoms with Crippen LogP contribution in [0.2, 0.25) is 0 Å². The summed E-state index contributed by atoms with van der Waals surface area (Å²) in [5, 5.41) is 6.54. The van der Waals surface area contributed by atoms with Crippen LogP contribution >= 0.6 is 0 Å². The smallest absolute Gasteiger partial charge is 0.229 e. The lowest BCUT2D eigenvalue weighted by atomic mass is 10.2. The highest BCUT2D eigenvalue weighted by atomic mass is 16.5. The first kappa shape index (κ1) is 17.0. The van der Waals surface area contributed by atoms with Crippen molar-refractivity contribution >= 4 is 23.1 Å². The van der Waals surface area contributed by atoms with Gasteiger partial charge in [0.15, 0.2) is 0 Å². The van der Waals surface area contributed by atoms with Crippen molar-refractivity contribution in [1.82, 2.24) is 9.97 Å². The van der Waals surface area contributed by atoms with E-state index in [9.17, 15) is 0 Å². The van der Waals surface area contributed by atoms with Crippen LogP contribution in [-0.2, 0) is 4.74 Å². The molecule has 0 aliphatic carbocycles. The summed E-state index contributed by atoms with van der Waals surface area (Å²) in [5.41, 5.74) is 3.04. The van der Waals surface area contributed by atoms with Crippen molar-refractivity contribution in [2.75, 3.05) is 49.9 Å². The Balaban J connectivity index is 2.02. The molecule has 0 atom stereocenters. The van der Waals surface area contributed by atoms with Crippen molar-refractivity contribution in [3.8, 4) is 0 Å². The van der Waals surface area contributed by atoms with Crippen LogP contribution in [0, 0.1) is 6.92 Å². The van der Waals surface area contributed by atoms with E-state index in [0.717, 1.165) is 42.5 Å². The summed E-state index contributed by atoms with van der Waals surface area (Å²) in [6, 6.07) is 10.1. The zero-order valence-electron chi connectivity index (χ0n) is 14.3. The van der Waals surface area contributed by atoms with Gasteiger partial charge in [-0.2, -0.15) is 4.98 Å². The fraction of sp³-hybridized carbons (Fsp3) is 0.412. The van der Waals surface area contributed by atoms with Gasteiger partial charge in [0.2, 0.25) is 5.95 Å². The van der Waals surface area contributed by atoms with E-state index in [1.54, 1.807) is 7.11 Å². The summed E-state index contributed by atoms with van der Waals surface area (Å²) in [7, 11) is 5.75. The highest BCUT2D eigenvalue weighted by Crippen LogP contribution is 2.19. The lowest BCUT2D eigenvalue weighted by Gasteiger charge is -2.13. The molecule has 0 aliphatic heterocycles. The van der Waals surface area contributed by atoms with Crippen LogP contribution in [0.5, 0.6) is 0 Å². The van der Waals surface area contributed by atoms with Crippen molar-refractivity contribution in [3.63, 3.8) is 0 Å². The van der Waals surface area contributed by atoms with E-state index in [1.165, 1.54) is 0 Å². The van der Waals surface area contributed by atoms with E-state index < -0.39 is 0 Å². The van der Waals surface area contributed by atoms with Gasteiger partial charge in [-0.25, -0.2) is 4.98 Å². The number of rotatable bonds is 8. The largest absolute Gasteiger partial charge is 0.385 e. The predicted octanol–water partition coefficient (Wildman–Crippen LogP) is 3.04. The van der Waals surface area contributed by atoms with E-state index in [1.807, 2.05) is 39.2 Å². The highest BCUT2D eigenvalue weighted by Gasteiger charge is 2.03. The number of ether oxygens (including phenoxy) is 1. The fourth-order valence-electron chi connectivity index (χ4n) is 2.12. The molecular formula is C17H25N5O. The molecule has 2 rings (SSSR count). The van der Waals surface area contributed by atoms with Gasteiger partial charge in [-0.15, -0.1) is 0 Å². The zero-order valence-corrected chi connectivity index (χ0v) is 14.3. The molecule has 1 aromatic carbocycles. The monoisotopic (exact) mass is 315 g/mol. The normalized spacial score (nSPS) is 10.4. The third kappa shape index (κ3) is 5.41. The van der Waals surface area contributed by atoms with Crippen LogP contribution in [0.1, 0.15) is 12.1 Å². The van der Waals surface area contributed by atoms with Crippen molar-refractivity contribution in [1.29, 1.82) is 0 Å². The molecule has 124 valence electrons. The van der Waals surface area contributed by atoms with Gasteiger partial charge in [-0.3, -0.25) is 0 Å². The minimum absolute atomic E-state index is 0.594. The number of aromatic nitrogens is 2. The number of hydrogen-bond donors (Lipinski definition) is 2.